The van der Waals surface area contributed by atoms with Gasteiger partial charge in [-0.25, -0.2) is 0 Å². The van der Waals surface area contributed by atoms with Crippen LogP contribution in [0.1, 0.15) is 50.5 Å². The minimum Gasteiger partial charge on any atom is -0.378 e. The van der Waals surface area contributed by atoms with Crippen molar-refractivity contribution in [3.63, 3.8) is 0 Å². The Hall–Kier alpha value is -1.66. The summed E-state index contributed by atoms with van der Waals surface area (Å²) in [5, 5.41) is 7.07. The first-order valence-electron chi connectivity index (χ1n) is 9.71. The minimum atomic E-state index is 0.214. The van der Waals surface area contributed by atoms with Gasteiger partial charge in [0.1, 0.15) is 0 Å². The van der Waals surface area contributed by atoms with Crippen LogP contribution in [0.3, 0.4) is 0 Å². The van der Waals surface area contributed by atoms with Crippen molar-refractivity contribution in [2.75, 3.05) is 29.9 Å². The number of benzene rings is 1. The van der Waals surface area contributed by atoms with Crippen molar-refractivity contribution in [3.8, 4) is 0 Å². The molecule has 26 heavy (non-hydrogen) atoms. The maximum atomic E-state index is 11.9. The number of carbonyl (C=O) groups is 1. The van der Waals surface area contributed by atoms with Gasteiger partial charge >= 0.3 is 0 Å². The number of aryl methyl sites for hydroxylation is 1. The lowest BCUT2D eigenvalue weighted by Gasteiger charge is -2.19. The molecule has 0 spiro atoms. The summed E-state index contributed by atoms with van der Waals surface area (Å²) in [6.07, 6.45) is 8.06. The van der Waals surface area contributed by atoms with Crippen LogP contribution in [0.2, 0.25) is 0 Å². The average molecular weight is 376 g/mol. The van der Waals surface area contributed by atoms with Gasteiger partial charge in [0.2, 0.25) is 5.91 Å². The second kappa shape index (κ2) is 9.33. The van der Waals surface area contributed by atoms with E-state index in [4.69, 9.17) is 17.0 Å². The molecule has 1 aliphatic heterocycles. The first-order valence-corrected chi connectivity index (χ1v) is 10.1. The lowest BCUT2D eigenvalue weighted by Crippen LogP contribution is -2.30. The van der Waals surface area contributed by atoms with E-state index in [1.807, 2.05) is 30.0 Å². The van der Waals surface area contributed by atoms with Crippen LogP contribution < -0.4 is 15.5 Å². The van der Waals surface area contributed by atoms with E-state index >= 15 is 0 Å². The highest BCUT2D eigenvalue weighted by atomic mass is 32.1. The van der Waals surface area contributed by atoms with E-state index in [-0.39, 0.29) is 5.91 Å². The first kappa shape index (κ1) is 19.1. The van der Waals surface area contributed by atoms with Crippen LogP contribution in [0.15, 0.2) is 18.2 Å². The number of ether oxygens (including phenoxy) is 1. The number of carbonyl (C=O) groups excluding carboxylic acids is 1. The van der Waals surface area contributed by atoms with Crippen LogP contribution in [0.5, 0.6) is 0 Å². The molecule has 3 rings (SSSR count). The molecule has 2 aliphatic rings. The highest BCUT2D eigenvalue weighted by Crippen LogP contribution is 2.27. The van der Waals surface area contributed by atoms with Crippen LogP contribution in [0.25, 0.3) is 0 Å². The fraction of sp³-hybridized carbons (Fsp3) is 0.600. The number of anilines is 2. The van der Waals surface area contributed by atoms with Gasteiger partial charge in [0.25, 0.3) is 0 Å². The SMILES string of the molecule is Cc1cc(NC(=S)NCCCOC2CCCC2)ccc1N1CCCC1=O. The Kier molecular flexibility index (Phi) is 6.86. The van der Waals surface area contributed by atoms with Crippen molar-refractivity contribution in [2.45, 2.75) is 58.0 Å². The van der Waals surface area contributed by atoms with E-state index < -0.39 is 0 Å². The zero-order valence-electron chi connectivity index (χ0n) is 15.6. The van der Waals surface area contributed by atoms with Gasteiger partial charge in [-0.2, -0.15) is 0 Å². The molecule has 2 fully saturated rings. The Morgan fingerprint density at radius 3 is 2.81 bits per heavy atom. The largest absolute Gasteiger partial charge is 0.378 e. The summed E-state index contributed by atoms with van der Waals surface area (Å²) in [7, 11) is 0. The second-order valence-corrected chi connectivity index (χ2v) is 7.57. The third kappa shape index (κ3) is 5.17. The third-order valence-electron chi connectivity index (χ3n) is 5.08. The number of nitrogens with one attached hydrogen (secondary N) is 2. The van der Waals surface area contributed by atoms with Crippen molar-refractivity contribution in [1.82, 2.24) is 5.32 Å². The molecule has 0 aromatic heterocycles. The summed E-state index contributed by atoms with van der Waals surface area (Å²) < 4.78 is 5.85. The Bertz CT molecular complexity index is 644. The van der Waals surface area contributed by atoms with E-state index in [2.05, 4.69) is 10.6 Å². The van der Waals surface area contributed by atoms with Crippen molar-refractivity contribution in [3.05, 3.63) is 23.8 Å². The smallest absolute Gasteiger partial charge is 0.227 e. The molecule has 1 aromatic rings. The Labute approximate surface area is 161 Å². The van der Waals surface area contributed by atoms with Crippen molar-refractivity contribution in [1.29, 1.82) is 0 Å². The number of hydrogen-bond acceptors (Lipinski definition) is 3. The maximum absolute atomic E-state index is 11.9. The topological polar surface area (TPSA) is 53.6 Å². The molecule has 1 heterocycles. The second-order valence-electron chi connectivity index (χ2n) is 7.16. The van der Waals surface area contributed by atoms with E-state index in [1.54, 1.807) is 0 Å². The molecule has 1 saturated heterocycles. The Morgan fingerprint density at radius 2 is 2.12 bits per heavy atom. The highest BCUT2D eigenvalue weighted by Gasteiger charge is 2.22. The summed E-state index contributed by atoms with van der Waals surface area (Å²) in [6, 6.07) is 6.02. The molecule has 0 radical (unpaired) electrons. The van der Waals surface area contributed by atoms with E-state index in [0.29, 0.717) is 17.6 Å². The number of hydrogen-bond donors (Lipinski definition) is 2. The number of thiocarbonyl (C=S) groups is 1. The standard InChI is InChI=1S/C20H29N3O2S/c1-15-14-16(9-10-18(15)23-12-4-8-19(23)24)22-20(26)21-11-5-13-25-17-6-2-3-7-17/h9-10,14,17H,2-8,11-13H2,1H3,(H2,21,22,26). The predicted molar refractivity (Wildman–Crippen MR) is 110 cm³/mol. The van der Waals surface area contributed by atoms with Gasteiger partial charge in [-0.3, -0.25) is 4.79 Å². The van der Waals surface area contributed by atoms with E-state index in [1.165, 1.54) is 25.7 Å². The molecule has 142 valence electrons. The normalized spacial score (nSPS) is 17.7. The summed E-state index contributed by atoms with van der Waals surface area (Å²) in [6.45, 7) is 4.44. The van der Waals surface area contributed by atoms with Crippen LogP contribution in [-0.2, 0) is 9.53 Å². The van der Waals surface area contributed by atoms with Gasteiger partial charge in [0.05, 0.1) is 6.10 Å². The van der Waals surface area contributed by atoms with Gasteiger partial charge in [0.15, 0.2) is 5.11 Å². The van der Waals surface area contributed by atoms with Crippen LogP contribution in [0, 0.1) is 6.92 Å². The number of rotatable bonds is 7. The molecule has 1 aliphatic carbocycles. The molecular formula is C20H29N3O2S. The summed E-state index contributed by atoms with van der Waals surface area (Å²) in [5.74, 6) is 0.214. The number of amides is 1. The maximum Gasteiger partial charge on any atom is 0.227 e. The quantitative estimate of drug-likeness (QED) is 0.561. The molecule has 1 saturated carbocycles. The molecule has 1 aromatic carbocycles. The zero-order valence-corrected chi connectivity index (χ0v) is 16.4. The Morgan fingerprint density at radius 1 is 1.31 bits per heavy atom. The molecule has 0 atom stereocenters. The van der Waals surface area contributed by atoms with Gasteiger partial charge < -0.3 is 20.3 Å². The molecular weight excluding hydrogens is 346 g/mol. The van der Waals surface area contributed by atoms with Crippen molar-refractivity contribution < 1.29 is 9.53 Å². The number of nitrogens with zero attached hydrogens (tertiary/aromatic N) is 1. The molecule has 6 heteroatoms. The first-order chi connectivity index (χ1) is 12.6. The molecule has 2 N–H and O–H groups in total. The molecule has 0 bridgehead atoms. The minimum absolute atomic E-state index is 0.214. The summed E-state index contributed by atoms with van der Waals surface area (Å²) in [4.78, 5) is 13.8. The average Bonchev–Trinajstić information content (AvgIpc) is 3.27. The van der Waals surface area contributed by atoms with Gasteiger partial charge in [-0.15, -0.1) is 0 Å². The lowest BCUT2D eigenvalue weighted by molar-refractivity contribution is -0.117. The Balaban J connectivity index is 1.39. The monoisotopic (exact) mass is 375 g/mol. The molecule has 0 unspecified atom stereocenters. The van der Waals surface area contributed by atoms with Gasteiger partial charge in [-0.05, 0) is 68.6 Å². The third-order valence-corrected chi connectivity index (χ3v) is 5.33. The fourth-order valence-electron chi connectivity index (χ4n) is 3.69. The summed E-state index contributed by atoms with van der Waals surface area (Å²) in [5.41, 5.74) is 3.02. The molecule has 1 amide bonds. The van der Waals surface area contributed by atoms with Crippen LogP contribution in [0.4, 0.5) is 11.4 Å². The van der Waals surface area contributed by atoms with Crippen LogP contribution in [-0.4, -0.2) is 36.8 Å². The molecule has 5 nitrogen and oxygen atoms in total. The summed E-state index contributed by atoms with van der Waals surface area (Å²) >= 11 is 5.37. The van der Waals surface area contributed by atoms with E-state index in [0.717, 1.165) is 49.5 Å². The van der Waals surface area contributed by atoms with Crippen LogP contribution >= 0.6 is 12.2 Å². The highest BCUT2D eigenvalue weighted by molar-refractivity contribution is 7.80. The lowest BCUT2D eigenvalue weighted by atomic mass is 10.1. The van der Waals surface area contributed by atoms with Gasteiger partial charge in [-0.1, -0.05) is 12.8 Å². The van der Waals surface area contributed by atoms with Gasteiger partial charge in [0, 0.05) is 37.5 Å². The zero-order chi connectivity index (χ0) is 18.4. The van der Waals surface area contributed by atoms with Crippen molar-refractivity contribution >= 4 is 34.6 Å². The van der Waals surface area contributed by atoms with Crippen molar-refractivity contribution in [2.24, 2.45) is 0 Å². The van der Waals surface area contributed by atoms with E-state index in [9.17, 15) is 4.79 Å². The predicted octanol–water partition coefficient (Wildman–Crippen LogP) is 3.76. The fourth-order valence-corrected chi connectivity index (χ4v) is 3.91.